The summed E-state index contributed by atoms with van der Waals surface area (Å²) in [5.41, 5.74) is 0.968. The van der Waals surface area contributed by atoms with Crippen molar-refractivity contribution in [3.63, 3.8) is 0 Å². The summed E-state index contributed by atoms with van der Waals surface area (Å²) < 4.78 is 5.57. The van der Waals surface area contributed by atoms with Gasteiger partial charge in [0.05, 0.1) is 0 Å². The predicted octanol–water partition coefficient (Wildman–Crippen LogP) is 3.14. The molecule has 1 N–H and O–H groups in total. The van der Waals surface area contributed by atoms with Gasteiger partial charge in [-0.2, -0.15) is 4.98 Å². The number of ether oxygens (including phenoxy) is 1. The van der Waals surface area contributed by atoms with E-state index in [1.165, 1.54) is 0 Å². The van der Waals surface area contributed by atoms with Crippen LogP contribution in [0.5, 0.6) is 5.88 Å². The lowest BCUT2D eigenvalue weighted by Crippen LogP contribution is -2.01. The number of benzene rings is 1. The first-order valence-corrected chi connectivity index (χ1v) is 6.19. The Balaban J connectivity index is 2.30. The second-order valence-corrected chi connectivity index (χ2v) is 3.91. The van der Waals surface area contributed by atoms with Gasteiger partial charge >= 0.3 is 0 Å². The molecule has 0 saturated heterocycles. The van der Waals surface area contributed by atoms with Crippen molar-refractivity contribution < 1.29 is 4.74 Å². The third kappa shape index (κ3) is 3.55. The highest BCUT2D eigenvalue weighted by molar-refractivity contribution is 5.58. The summed E-state index contributed by atoms with van der Waals surface area (Å²) in [6.45, 7) is 2.46. The van der Waals surface area contributed by atoms with E-state index in [2.05, 4.69) is 15.3 Å². The molecule has 0 aliphatic carbocycles. The third-order valence-corrected chi connectivity index (χ3v) is 2.55. The molecule has 1 aromatic carbocycles. The highest BCUT2D eigenvalue weighted by Crippen LogP contribution is 2.20. The molecule has 0 aliphatic heterocycles. The molecule has 4 heteroatoms. The Morgan fingerprint density at radius 2 is 2.00 bits per heavy atom. The van der Waals surface area contributed by atoms with Gasteiger partial charge in [0.1, 0.15) is 12.4 Å². The number of hydrogen-bond donors (Lipinski definition) is 1. The van der Waals surface area contributed by atoms with Crippen LogP contribution in [0.4, 0.5) is 5.82 Å². The monoisotopic (exact) mass is 255 g/mol. The highest BCUT2D eigenvalue weighted by atomic mass is 16.5. The molecular weight excluding hydrogens is 238 g/mol. The van der Waals surface area contributed by atoms with Crippen LogP contribution in [0, 0.1) is 0 Å². The van der Waals surface area contributed by atoms with Gasteiger partial charge in [-0.3, -0.25) is 0 Å². The lowest BCUT2D eigenvalue weighted by Gasteiger charge is -2.08. The predicted molar refractivity (Wildman–Crippen MR) is 77.3 cm³/mol. The van der Waals surface area contributed by atoms with Crippen LogP contribution < -0.4 is 10.1 Å². The Morgan fingerprint density at radius 3 is 2.68 bits per heavy atom. The normalized spacial score (nSPS) is 10.6. The average Bonchev–Trinajstić information content (AvgIpc) is 2.48. The third-order valence-electron chi connectivity index (χ3n) is 2.55. The Hall–Kier alpha value is -2.36. The van der Waals surface area contributed by atoms with Gasteiger partial charge in [0.25, 0.3) is 0 Å². The molecule has 0 atom stereocenters. The van der Waals surface area contributed by atoms with Crippen LogP contribution in [-0.4, -0.2) is 23.6 Å². The molecule has 1 heterocycles. The van der Waals surface area contributed by atoms with Crippen LogP contribution in [0.25, 0.3) is 11.4 Å². The second-order valence-electron chi connectivity index (χ2n) is 3.91. The van der Waals surface area contributed by atoms with Gasteiger partial charge in [0.15, 0.2) is 5.82 Å². The number of rotatable bonds is 5. The Labute approximate surface area is 113 Å². The zero-order valence-corrected chi connectivity index (χ0v) is 11.1. The summed E-state index contributed by atoms with van der Waals surface area (Å²) in [6, 6.07) is 11.6. The molecule has 0 radical (unpaired) electrons. The molecule has 0 bridgehead atoms. The van der Waals surface area contributed by atoms with Crippen LogP contribution in [-0.2, 0) is 0 Å². The topological polar surface area (TPSA) is 47.0 Å². The fourth-order valence-corrected chi connectivity index (χ4v) is 1.57. The molecule has 0 fully saturated rings. The van der Waals surface area contributed by atoms with Gasteiger partial charge in [-0.1, -0.05) is 42.5 Å². The largest absolute Gasteiger partial charge is 0.473 e. The molecule has 2 aromatic rings. The molecule has 98 valence electrons. The molecule has 0 unspecified atom stereocenters. The van der Waals surface area contributed by atoms with E-state index in [9.17, 15) is 0 Å². The maximum absolute atomic E-state index is 5.57. The highest BCUT2D eigenvalue weighted by Gasteiger charge is 2.06. The summed E-state index contributed by atoms with van der Waals surface area (Å²) >= 11 is 0. The van der Waals surface area contributed by atoms with Gasteiger partial charge in [-0.15, -0.1) is 0 Å². The molecule has 0 saturated carbocycles. The van der Waals surface area contributed by atoms with Crippen molar-refractivity contribution >= 4 is 5.82 Å². The van der Waals surface area contributed by atoms with Crippen LogP contribution in [0.3, 0.4) is 0 Å². The fraction of sp³-hybridized carbons (Fsp3) is 0.200. The first kappa shape index (κ1) is 13.1. The SMILES string of the molecule is C/C=C/COc1cc(NC)nc(-c2ccccc2)n1. The van der Waals surface area contributed by atoms with E-state index in [1.54, 1.807) is 6.07 Å². The number of anilines is 1. The van der Waals surface area contributed by atoms with E-state index in [-0.39, 0.29) is 0 Å². The fourth-order valence-electron chi connectivity index (χ4n) is 1.57. The molecular formula is C15H17N3O. The van der Waals surface area contributed by atoms with E-state index in [0.29, 0.717) is 18.3 Å². The van der Waals surface area contributed by atoms with Crippen molar-refractivity contribution in [2.45, 2.75) is 6.92 Å². The summed E-state index contributed by atoms with van der Waals surface area (Å²) in [7, 11) is 1.83. The van der Waals surface area contributed by atoms with E-state index in [0.717, 1.165) is 11.4 Å². The maximum Gasteiger partial charge on any atom is 0.219 e. The lowest BCUT2D eigenvalue weighted by atomic mass is 10.2. The van der Waals surface area contributed by atoms with Gasteiger partial charge in [0.2, 0.25) is 5.88 Å². The van der Waals surface area contributed by atoms with Crippen LogP contribution in [0.1, 0.15) is 6.92 Å². The van der Waals surface area contributed by atoms with Crippen molar-refractivity contribution in [1.82, 2.24) is 9.97 Å². The lowest BCUT2D eigenvalue weighted by molar-refractivity contribution is 0.348. The number of hydrogen-bond acceptors (Lipinski definition) is 4. The van der Waals surface area contributed by atoms with Gasteiger partial charge in [-0.05, 0) is 6.92 Å². The standard InChI is InChI=1S/C15H17N3O/c1-3-4-10-19-14-11-13(16-2)17-15(18-14)12-8-6-5-7-9-12/h3-9,11H,10H2,1-2H3,(H,16,17,18)/b4-3+. The number of nitrogens with zero attached hydrogens (tertiary/aromatic N) is 2. The smallest absolute Gasteiger partial charge is 0.219 e. The zero-order valence-electron chi connectivity index (χ0n) is 11.1. The molecule has 4 nitrogen and oxygen atoms in total. The van der Waals surface area contributed by atoms with E-state index >= 15 is 0 Å². The number of nitrogens with one attached hydrogen (secondary N) is 1. The second kappa shape index (κ2) is 6.54. The molecule has 2 rings (SSSR count). The Morgan fingerprint density at radius 1 is 1.21 bits per heavy atom. The molecule has 1 aromatic heterocycles. The minimum Gasteiger partial charge on any atom is -0.473 e. The van der Waals surface area contributed by atoms with E-state index in [4.69, 9.17) is 4.74 Å². The Kier molecular flexibility index (Phi) is 4.50. The van der Waals surface area contributed by atoms with Crippen molar-refractivity contribution in [2.75, 3.05) is 19.0 Å². The molecule has 0 amide bonds. The zero-order chi connectivity index (χ0) is 13.5. The Bertz CT molecular complexity index is 553. The summed E-state index contributed by atoms with van der Waals surface area (Å²) in [5, 5.41) is 3.02. The van der Waals surface area contributed by atoms with E-state index in [1.807, 2.05) is 56.5 Å². The van der Waals surface area contributed by atoms with Crippen molar-refractivity contribution in [1.29, 1.82) is 0 Å². The first-order valence-electron chi connectivity index (χ1n) is 6.19. The summed E-state index contributed by atoms with van der Waals surface area (Å²) in [5.74, 6) is 1.96. The first-order chi connectivity index (χ1) is 9.33. The summed E-state index contributed by atoms with van der Waals surface area (Å²) in [4.78, 5) is 8.85. The van der Waals surface area contributed by atoms with Crippen molar-refractivity contribution in [3.05, 3.63) is 48.6 Å². The number of allylic oxidation sites excluding steroid dienone is 1. The molecule has 0 aliphatic rings. The number of aromatic nitrogens is 2. The summed E-state index contributed by atoms with van der Waals surface area (Å²) in [6.07, 6.45) is 3.88. The van der Waals surface area contributed by atoms with Crippen LogP contribution in [0.15, 0.2) is 48.6 Å². The minimum absolute atomic E-state index is 0.505. The van der Waals surface area contributed by atoms with Gasteiger partial charge in [-0.25, -0.2) is 4.98 Å². The van der Waals surface area contributed by atoms with Crippen LogP contribution >= 0.6 is 0 Å². The van der Waals surface area contributed by atoms with Gasteiger partial charge in [0, 0.05) is 18.7 Å². The molecule has 0 spiro atoms. The quantitative estimate of drug-likeness (QED) is 0.834. The van der Waals surface area contributed by atoms with Crippen LogP contribution in [0.2, 0.25) is 0 Å². The maximum atomic E-state index is 5.57. The minimum atomic E-state index is 0.505. The van der Waals surface area contributed by atoms with Gasteiger partial charge < -0.3 is 10.1 Å². The molecule has 19 heavy (non-hydrogen) atoms. The average molecular weight is 255 g/mol. The van der Waals surface area contributed by atoms with E-state index < -0.39 is 0 Å². The van der Waals surface area contributed by atoms with Crippen molar-refractivity contribution in [2.24, 2.45) is 0 Å². The van der Waals surface area contributed by atoms with Crippen molar-refractivity contribution in [3.8, 4) is 17.3 Å².